The number of nitrogens with two attached hydrogens (primary N) is 1. The number of carbonyl (C=O) groups is 1. The molecule has 8 nitrogen and oxygen atoms in total. The molecule has 1 aliphatic heterocycles. The Morgan fingerprint density at radius 1 is 1.24 bits per heavy atom. The van der Waals surface area contributed by atoms with Gasteiger partial charge in [-0.15, -0.1) is 0 Å². The Bertz CT molecular complexity index is 990. The predicted octanol–water partition coefficient (Wildman–Crippen LogP) is 2.93. The minimum Gasteiger partial charge on any atom is -0.384 e. The number of benzene rings is 1. The number of hydrogen-bond acceptors (Lipinski definition) is 7. The number of amides is 1. The smallest absolute Gasteiger partial charge is 0.244 e. The number of nitrogens with one attached hydrogen (secondary N) is 1. The second-order valence-corrected chi connectivity index (χ2v) is 9.92. The maximum absolute atomic E-state index is 12.9. The van der Waals surface area contributed by atoms with Gasteiger partial charge < -0.3 is 11.1 Å². The van der Waals surface area contributed by atoms with Gasteiger partial charge in [-0.2, -0.15) is 4.31 Å². The van der Waals surface area contributed by atoms with Crippen LogP contribution in [0, 0.1) is 6.92 Å². The van der Waals surface area contributed by atoms with E-state index in [0.29, 0.717) is 35.4 Å². The van der Waals surface area contributed by atoms with Crippen LogP contribution >= 0.6 is 23.4 Å². The summed E-state index contributed by atoms with van der Waals surface area (Å²) in [6.45, 7) is 2.75. The van der Waals surface area contributed by atoms with Gasteiger partial charge in [0.25, 0.3) is 0 Å². The minimum atomic E-state index is -3.70. The molecule has 1 saturated heterocycles. The highest BCUT2D eigenvalue weighted by Crippen LogP contribution is 2.29. The van der Waals surface area contributed by atoms with Crippen LogP contribution in [0.3, 0.4) is 0 Å². The van der Waals surface area contributed by atoms with E-state index in [1.165, 1.54) is 16.4 Å². The monoisotopic (exact) mass is 455 g/mol. The number of aryl methyl sites for hydroxylation is 1. The Morgan fingerprint density at radius 2 is 1.97 bits per heavy atom. The van der Waals surface area contributed by atoms with Crippen LogP contribution < -0.4 is 11.1 Å². The fourth-order valence-corrected chi connectivity index (χ4v) is 5.71. The molecule has 1 fully saturated rings. The third-order valence-corrected chi connectivity index (χ3v) is 7.56. The lowest BCUT2D eigenvalue weighted by atomic mass is 10.2. The van der Waals surface area contributed by atoms with Gasteiger partial charge >= 0.3 is 0 Å². The van der Waals surface area contributed by atoms with E-state index in [-0.39, 0.29) is 21.6 Å². The first-order valence-electron chi connectivity index (χ1n) is 9.09. The zero-order valence-electron chi connectivity index (χ0n) is 15.9. The van der Waals surface area contributed by atoms with Crippen molar-refractivity contribution < 1.29 is 13.2 Å². The number of aromatic nitrogens is 2. The number of hydrogen-bond donors (Lipinski definition) is 2. The van der Waals surface area contributed by atoms with E-state index < -0.39 is 10.0 Å². The molecule has 0 aliphatic carbocycles. The fraction of sp³-hybridized carbons (Fsp3) is 0.389. The Balaban J connectivity index is 1.69. The molecule has 0 spiro atoms. The first-order chi connectivity index (χ1) is 13.8. The first-order valence-corrected chi connectivity index (χ1v) is 11.9. The molecule has 0 saturated carbocycles. The van der Waals surface area contributed by atoms with Gasteiger partial charge in [-0.1, -0.05) is 29.8 Å². The van der Waals surface area contributed by atoms with E-state index in [1.54, 1.807) is 19.1 Å². The minimum absolute atomic E-state index is 0.00121. The van der Waals surface area contributed by atoms with Gasteiger partial charge in [-0.25, -0.2) is 18.4 Å². The summed E-state index contributed by atoms with van der Waals surface area (Å²) in [6.07, 6.45) is 2.68. The molecule has 0 radical (unpaired) electrons. The van der Waals surface area contributed by atoms with Gasteiger partial charge in [-0.3, -0.25) is 4.79 Å². The van der Waals surface area contributed by atoms with Crippen LogP contribution in [0.5, 0.6) is 0 Å². The van der Waals surface area contributed by atoms with Gasteiger partial charge in [0.05, 0.1) is 10.8 Å². The van der Waals surface area contributed by atoms with Crippen molar-refractivity contribution in [3.05, 3.63) is 35.0 Å². The molecule has 1 aromatic carbocycles. The molecule has 29 heavy (non-hydrogen) atoms. The van der Waals surface area contributed by atoms with Gasteiger partial charge in [0, 0.05) is 30.5 Å². The van der Waals surface area contributed by atoms with Gasteiger partial charge in [-0.05, 0) is 38.0 Å². The Hall–Kier alpha value is -1.88. The Morgan fingerprint density at radius 3 is 2.66 bits per heavy atom. The second kappa shape index (κ2) is 9.29. The van der Waals surface area contributed by atoms with Crippen molar-refractivity contribution >= 4 is 50.8 Å². The summed E-state index contributed by atoms with van der Waals surface area (Å²) in [5.41, 5.74) is 6.76. The molecular formula is C18H22ClN5O3S2. The molecule has 2 heterocycles. The molecule has 1 amide bonds. The Kier molecular flexibility index (Phi) is 6.99. The van der Waals surface area contributed by atoms with Gasteiger partial charge in [0.2, 0.25) is 15.9 Å². The summed E-state index contributed by atoms with van der Waals surface area (Å²) in [5, 5.41) is 3.23. The lowest BCUT2D eigenvalue weighted by Crippen LogP contribution is -2.35. The topological polar surface area (TPSA) is 118 Å². The van der Waals surface area contributed by atoms with Crippen molar-refractivity contribution in [3.8, 4) is 0 Å². The molecule has 0 unspecified atom stereocenters. The third kappa shape index (κ3) is 5.59. The highest BCUT2D eigenvalue weighted by Gasteiger charge is 2.28. The third-order valence-electron chi connectivity index (χ3n) is 4.33. The molecule has 1 aliphatic rings. The quantitative estimate of drug-likeness (QED) is 0.507. The number of piperidine rings is 1. The Labute approximate surface area is 179 Å². The maximum Gasteiger partial charge on any atom is 0.244 e. The molecule has 2 aromatic rings. The van der Waals surface area contributed by atoms with Crippen LogP contribution in [0.4, 0.5) is 11.5 Å². The van der Waals surface area contributed by atoms with Gasteiger partial charge in [0.15, 0.2) is 5.16 Å². The summed E-state index contributed by atoms with van der Waals surface area (Å²) in [4.78, 5) is 20.6. The molecule has 3 N–H and O–H groups in total. The normalized spacial score (nSPS) is 15.2. The van der Waals surface area contributed by atoms with E-state index in [1.807, 2.05) is 0 Å². The van der Waals surface area contributed by atoms with Crippen molar-refractivity contribution in [1.82, 2.24) is 14.3 Å². The molecule has 0 atom stereocenters. The number of thioether (sulfide) groups is 1. The van der Waals surface area contributed by atoms with E-state index in [2.05, 4.69) is 15.3 Å². The van der Waals surface area contributed by atoms with Crippen LogP contribution in [0.2, 0.25) is 5.02 Å². The van der Waals surface area contributed by atoms with Gasteiger partial charge in [0.1, 0.15) is 10.7 Å². The largest absolute Gasteiger partial charge is 0.384 e. The molecule has 3 rings (SSSR count). The van der Waals surface area contributed by atoms with Crippen LogP contribution in [0.15, 0.2) is 34.3 Å². The van der Waals surface area contributed by atoms with Crippen molar-refractivity contribution in [1.29, 1.82) is 0 Å². The zero-order valence-corrected chi connectivity index (χ0v) is 18.3. The van der Waals surface area contributed by atoms with Crippen LogP contribution in [-0.2, 0) is 14.8 Å². The maximum atomic E-state index is 12.9. The summed E-state index contributed by atoms with van der Waals surface area (Å²) < 4.78 is 27.3. The molecular weight excluding hydrogens is 434 g/mol. The predicted molar refractivity (Wildman–Crippen MR) is 115 cm³/mol. The van der Waals surface area contributed by atoms with E-state index in [0.717, 1.165) is 31.0 Å². The second-order valence-electron chi connectivity index (χ2n) is 6.66. The number of nitrogens with zero attached hydrogens (tertiary/aromatic N) is 3. The van der Waals surface area contributed by atoms with Crippen LogP contribution in [0.25, 0.3) is 0 Å². The summed E-state index contributed by atoms with van der Waals surface area (Å²) >= 11 is 7.30. The number of anilines is 2. The van der Waals surface area contributed by atoms with E-state index in [9.17, 15) is 13.2 Å². The summed E-state index contributed by atoms with van der Waals surface area (Å²) in [6, 6.07) is 6.09. The number of rotatable bonds is 6. The lowest BCUT2D eigenvalue weighted by Gasteiger charge is -2.26. The van der Waals surface area contributed by atoms with Crippen LogP contribution in [0.1, 0.15) is 25.0 Å². The van der Waals surface area contributed by atoms with Crippen molar-refractivity contribution in [2.24, 2.45) is 0 Å². The fourth-order valence-electron chi connectivity index (χ4n) is 2.98. The van der Waals surface area contributed by atoms with E-state index >= 15 is 0 Å². The molecule has 11 heteroatoms. The highest BCUT2D eigenvalue weighted by atomic mass is 35.5. The van der Waals surface area contributed by atoms with E-state index in [4.69, 9.17) is 17.3 Å². The van der Waals surface area contributed by atoms with Crippen LogP contribution in [-0.4, -0.2) is 47.4 Å². The zero-order chi connectivity index (χ0) is 21.0. The number of nitrogen functional groups attached to an aromatic ring is 1. The summed E-state index contributed by atoms with van der Waals surface area (Å²) in [7, 11) is -3.70. The number of halogens is 1. The first kappa shape index (κ1) is 21.8. The van der Waals surface area contributed by atoms with Crippen molar-refractivity contribution in [3.63, 3.8) is 0 Å². The molecule has 0 bridgehead atoms. The van der Waals surface area contributed by atoms with Crippen molar-refractivity contribution in [2.75, 3.05) is 29.9 Å². The highest BCUT2D eigenvalue weighted by molar-refractivity contribution is 7.99. The van der Waals surface area contributed by atoms with Crippen molar-refractivity contribution in [2.45, 2.75) is 36.2 Å². The average molecular weight is 456 g/mol. The number of sulfonamides is 1. The average Bonchev–Trinajstić information content (AvgIpc) is 2.68. The number of carbonyl (C=O) groups excluding carboxylic acids is 1. The summed E-state index contributed by atoms with van der Waals surface area (Å²) in [5.74, 6) is 0.0766. The lowest BCUT2D eigenvalue weighted by molar-refractivity contribution is -0.113. The molecule has 156 valence electrons. The standard InChI is InChI=1S/C18H22ClN5O3S2/c1-12-9-16(20)23-18(21-12)28-11-17(25)22-13-5-6-14(19)15(10-13)29(26,27)24-7-3-2-4-8-24/h5-6,9-10H,2-4,7-8,11H2,1H3,(H,22,25)(H2,20,21,23). The molecule has 1 aromatic heterocycles. The SMILES string of the molecule is Cc1cc(N)nc(SCC(=O)Nc2ccc(Cl)c(S(=O)(=O)N3CCCCC3)c2)n1.